The van der Waals surface area contributed by atoms with Crippen molar-refractivity contribution >= 4 is 44.6 Å². The summed E-state index contributed by atoms with van der Waals surface area (Å²) in [5.41, 5.74) is 0.516. The Kier molecular flexibility index (Phi) is 6.00. The van der Waals surface area contributed by atoms with Crippen LogP contribution in [-0.2, 0) is 14.8 Å². The standard InChI is InChI=1S/C14H15ClN2O4S2/c1-21-12-5-4-10(9-11(12)15)17-13(18)6-7-16-23(19,20)14-3-2-8-22-14/h2-5,8-9,16H,6-7H2,1H3,(H,17,18). The Morgan fingerprint density at radius 1 is 1.35 bits per heavy atom. The maximum absolute atomic E-state index is 11.9. The van der Waals surface area contributed by atoms with Crippen LogP contribution < -0.4 is 14.8 Å². The van der Waals surface area contributed by atoms with Gasteiger partial charge in [0.05, 0.1) is 12.1 Å². The van der Waals surface area contributed by atoms with Crippen molar-refractivity contribution in [3.8, 4) is 5.75 Å². The van der Waals surface area contributed by atoms with E-state index in [2.05, 4.69) is 10.0 Å². The molecule has 2 N–H and O–H groups in total. The van der Waals surface area contributed by atoms with Gasteiger partial charge in [0.15, 0.2) is 0 Å². The van der Waals surface area contributed by atoms with E-state index < -0.39 is 10.0 Å². The largest absolute Gasteiger partial charge is 0.495 e. The fraction of sp³-hybridized carbons (Fsp3) is 0.214. The fourth-order valence-corrected chi connectivity index (χ4v) is 4.08. The Bertz CT molecular complexity index is 776. The summed E-state index contributed by atoms with van der Waals surface area (Å²) in [4.78, 5) is 11.8. The zero-order valence-corrected chi connectivity index (χ0v) is 14.6. The Balaban J connectivity index is 1.85. The summed E-state index contributed by atoms with van der Waals surface area (Å²) < 4.78 is 31.4. The van der Waals surface area contributed by atoms with E-state index in [-0.39, 0.29) is 23.1 Å². The maximum Gasteiger partial charge on any atom is 0.250 e. The molecule has 9 heteroatoms. The zero-order valence-electron chi connectivity index (χ0n) is 12.2. The SMILES string of the molecule is COc1ccc(NC(=O)CCNS(=O)(=O)c2cccs2)cc1Cl. The molecule has 1 aromatic carbocycles. The number of sulfonamides is 1. The third kappa shape index (κ3) is 4.93. The molecule has 0 saturated heterocycles. The highest BCUT2D eigenvalue weighted by molar-refractivity contribution is 7.91. The van der Waals surface area contributed by atoms with Gasteiger partial charge in [0.1, 0.15) is 9.96 Å². The smallest absolute Gasteiger partial charge is 0.250 e. The van der Waals surface area contributed by atoms with Crippen LogP contribution in [0.3, 0.4) is 0 Å². The van der Waals surface area contributed by atoms with Crippen LogP contribution in [0.5, 0.6) is 5.75 Å². The van der Waals surface area contributed by atoms with E-state index in [1.54, 1.807) is 29.6 Å². The number of halogens is 1. The summed E-state index contributed by atoms with van der Waals surface area (Å²) >= 11 is 7.09. The number of methoxy groups -OCH3 is 1. The first-order valence-electron chi connectivity index (χ1n) is 6.59. The van der Waals surface area contributed by atoms with Gasteiger partial charge in [-0.1, -0.05) is 17.7 Å². The molecular weight excluding hydrogens is 360 g/mol. The quantitative estimate of drug-likeness (QED) is 0.780. The van der Waals surface area contributed by atoms with Gasteiger partial charge in [-0.25, -0.2) is 13.1 Å². The fourth-order valence-electron chi connectivity index (χ4n) is 1.75. The Hall–Kier alpha value is -1.61. The molecule has 0 bridgehead atoms. The van der Waals surface area contributed by atoms with Crippen LogP contribution in [0.2, 0.25) is 5.02 Å². The van der Waals surface area contributed by atoms with Gasteiger partial charge in [-0.2, -0.15) is 0 Å². The van der Waals surface area contributed by atoms with Crippen LogP contribution in [0.1, 0.15) is 6.42 Å². The van der Waals surface area contributed by atoms with Crippen LogP contribution in [0.15, 0.2) is 39.9 Å². The molecule has 0 saturated carbocycles. The number of anilines is 1. The average molecular weight is 375 g/mol. The monoisotopic (exact) mass is 374 g/mol. The molecule has 0 aliphatic rings. The van der Waals surface area contributed by atoms with E-state index >= 15 is 0 Å². The summed E-state index contributed by atoms with van der Waals surface area (Å²) in [6.45, 7) is 0.00987. The van der Waals surface area contributed by atoms with Crippen molar-refractivity contribution < 1.29 is 17.9 Å². The van der Waals surface area contributed by atoms with E-state index in [1.165, 1.54) is 13.2 Å². The van der Waals surface area contributed by atoms with E-state index in [9.17, 15) is 13.2 Å². The van der Waals surface area contributed by atoms with Gasteiger partial charge in [0.2, 0.25) is 15.9 Å². The normalized spacial score (nSPS) is 11.2. The molecular formula is C14H15ClN2O4S2. The predicted octanol–water partition coefficient (Wildman–Crippen LogP) is 2.72. The van der Waals surface area contributed by atoms with Crippen molar-refractivity contribution in [1.29, 1.82) is 0 Å². The molecule has 1 aromatic heterocycles. The van der Waals surface area contributed by atoms with E-state index in [0.717, 1.165) is 11.3 Å². The van der Waals surface area contributed by atoms with Gasteiger partial charge in [0.25, 0.3) is 0 Å². The lowest BCUT2D eigenvalue weighted by molar-refractivity contribution is -0.116. The first-order valence-corrected chi connectivity index (χ1v) is 9.33. The summed E-state index contributed by atoms with van der Waals surface area (Å²) in [6.07, 6.45) is 0.00819. The minimum atomic E-state index is -3.55. The number of hydrogen-bond acceptors (Lipinski definition) is 5. The molecule has 0 aliphatic carbocycles. The second-order valence-corrected chi connectivity index (χ2v) is 7.83. The number of carbonyl (C=O) groups excluding carboxylic acids is 1. The van der Waals surface area contributed by atoms with Crippen LogP contribution in [0.4, 0.5) is 5.69 Å². The second kappa shape index (κ2) is 7.78. The Labute approximate surface area is 143 Å². The van der Waals surface area contributed by atoms with Gasteiger partial charge in [-0.05, 0) is 29.6 Å². The molecule has 23 heavy (non-hydrogen) atoms. The zero-order chi connectivity index (χ0) is 16.9. The van der Waals surface area contributed by atoms with Crippen LogP contribution in [0.25, 0.3) is 0 Å². The van der Waals surface area contributed by atoms with Crippen molar-refractivity contribution in [2.24, 2.45) is 0 Å². The van der Waals surface area contributed by atoms with Gasteiger partial charge in [0, 0.05) is 18.7 Å². The minimum Gasteiger partial charge on any atom is -0.495 e. The summed E-state index contributed by atoms with van der Waals surface area (Å²) in [6, 6.07) is 8.01. The van der Waals surface area contributed by atoms with Crippen molar-refractivity contribution in [2.45, 2.75) is 10.6 Å². The van der Waals surface area contributed by atoms with Gasteiger partial charge in [-0.15, -0.1) is 11.3 Å². The van der Waals surface area contributed by atoms with Crippen molar-refractivity contribution in [1.82, 2.24) is 4.72 Å². The van der Waals surface area contributed by atoms with Crippen molar-refractivity contribution in [3.05, 3.63) is 40.7 Å². The maximum atomic E-state index is 11.9. The number of benzene rings is 1. The molecule has 0 radical (unpaired) electrons. The van der Waals surface area contributed by atoms with Crippen LogP contribution >= 0.6 is 22.9 Å². The Morgan fingerprint density at radius 2 is 2.13 bits per heavy atom. The molecule has 0 spiro atoms. The summed E-state index contributed by atoms with van der Waals surface area (Å²) in [5.74, 6) is 0.188. The lowest BCUT2D eigenvalue weighted by Gasteiger charge is -2.08. The van der Waals surface area contributed by atoms with Crippen molar-refractivity contribution in [3.63, 3.8) is 0 Å². The number of ether oxygens (including phenoxy) is 1. The highest BCUT2D eigenvalue weighted by atomic mass is 35.5. The predicted molar refractivity (Wildman–Crippen MR) is 90.8 cm³/mol. The minimum absolute atomic E-state index is 0.00819. The molecule has 0 fully saturated rings. The third-order valence-corrected chi connectivity index (χ3v) is 5.99. The molecule has 124 valence electrons. The lowest BCUT2D eigenvalue weighted by atomic mass is 10.3. The number of rotatable bonds is 7. The highest BCUT2D eigenvalue weighted by Gasteiger charge is 2.15. The molecule has 0 unspecified atom stereocenters. The number of thiophene rings is 1. The molecule has 1 heterocycles. The second-order valence-electron chi connectivity index (χ2n) is 4.48. The molecule has 2 rings (SSSR count). The third-order valence-electron chi connectivity index (χ3n) is 2.84. The van der Waals surface area contributed by atoms with Gasteiger partial charge in [-0.3, -0.25) is 4.79 Å². The Morgan fingerprint density at radius 3 is 2.74 bits per heavy atom. The highest BCUT2D eigenvalue weighted by Crippen LogP contribution is 2.27. The number of nitrogens with one attached hydrogen (secondary N) is 2. The topological polar surface area (TPSA) is 84.5 Å². The van der Waals surface area contributed by atoms with Crippen LogP contribution in [-0.4, -0.2) is 28.0 Å². The lowest BCUT2D eigenvalue weighted by Crippen LogP contribution is -2.27. The number of carbonyl (C=O) groups is 1. The molecule has 0 atom stereocenters. The number of amides is 1. The van der Waals surface area contributed by atoms with Gasteiger partial charge >= 0.3 is 0 Å². The van der Waals surface area contributed by atoms with Crippen LogP contribution in [0, 0.1) is 0 Å². The summed E-state index contributed by atoms with van der Waals surface area (Å²) in [5, 5.41) is 4.70. The number of hydrogen-bond donors (Lipinski definition) is 2. The van der Waals surface area contributed by atoms with E-state index in [0.29, 0.717) is 16.5 Å². The average Bonchev–Trinajstić information content (AvgIpc) is 3.02. The van der Waals surface area contributed by atoms with E-state index in [1.807, 2.05) is 0 Å². The molecule has 6 nitrogen and oxygen atoms in total. The molecule has 1 amide bonds. The molecule has 0 aliphatic heterocycles. The molecule has 2 aromatic rings. The van der Waals surface area contributed by atoms with Gasteiger partial charge < -0.3 is 10.1 Å². The first-order chi connectivity index (χ1) is 10.9. The summed E-state index contributed by atoms with van der Waals surface area (Å²) in [7, 11) is -2.05. The van der Waals surface area contributed by atoms with E-state index in [4.69, 9.17) is 16.3 Å². The van der Waals surface area contributed by atoms with Crippen molar-refractivity contribution in [2.75, 3.05) is 19.0 Å². The first kappa shape index (κ1) is 17.7.